The van der Waals surface area contributed by atoms with Crippen molar-refractivity contribution in [2.75, 3.05) is 45.8 Å². The highest BCUT2D eigenvalue weighted by atomic mass is 35.5. The van der Waals surface area contributed by atoms with E-state index < -0.39 is 24.7 Å². The van der Waals surface area contributed by atoms with Crippen LogP contribution in [-0.4, -0.2) is 79.6 Å². The molecule has 1 heterocycles. The third-order valence-corrected chi connectivity index (χ3v) is 4.14. The molecule has 1 saturated heterocycles. The fraction of sp³-hybridized carbons (Fsp3) is 0.867. The lowest BCUT2D eigenvalue weighted by Crippen LogP contribution is -2.57. The Labute approximate surface area is 152 Å². The van der Waals surface area contributed by atoms with Crippen molar-refractivity contribution >= 4 is 24.2 Å². The van der Waals surface area contributed by atoms with Gasteiger partial charge in [-0.15, -0.1) is 12.4 Å². The number of alkyl halides is 3. The van der Waals surface area contributed by atoms with E-state index >= 15 is 0 Å². The predicted octanol–water partition coefficient (Wildman–Crippen LogP) is 1.01. The van der Waals surface area contributed by atoms with Crippen molar-refractivity contribution in [3.63, 3.8) is 0 Å². The summed E-state index contributed by atoms with van der Waals surface area (Å²) in [6.45, 7) is 5.87. The van der Waals surface area contributed by atoms with Crippen molar-refractivity contribution in [3.05, 3.63) is 0 Å². The number of nitrogens with zero attached hydrogens (tertiary/aromatic N) is 2. The predicted molar refractivity (Wildman–Crippen MR) is 91.7 cm³/mol. The molecule has 0 spiro atoms. The van der Waals surface area contributed by atoms with Crippen LogP contribution < -0.4 is 10.6 Å². The molecule has 6 nitrogen and oxygen atoms in total. The van der Waals surface area contributed by atoms with Crippen LogP contribution in [0, 0.1) is 0 Å². The lowest BCUT2D eigenvalue weighted by atomic mass is 10.2. The maximum Gasteiger partial charge on any atom is 0.405 e. The van der Waals surface area contributed by atoms with E-state index in [1.807, 2.05) is 13.8 Å². The van der Waals surface area contributed by atoms with Crippen molar-refractivity contribution in [2.45, 2.75) is 38.9 Å². The zero-order valence-corrected chi connectivity index (χ0v) is 15.5. The second-order valence-electron chi connectivity index (χ2n) is 5.71. The van der Waals surface area contributed by atoms with Crippen LogP contribution in [0.2, 0.25) is 0 Å². The van der Waals surface area contributed by atoms with Crippen LogP contribution in [-0.2, 0) is 9.59 Å². The van der Waals surface area contributed by atoms with Crippen molar-refractivity contribution in [2.24, 2.45) is 0 Å². The topological polar surface area (TPSA) is 64.7 Å². The molecule has 25 heavy (non-hydrogen) atoms. The summed E-state index contributed by atoms with van der Waals surface area (Å²) in [6.07, 6.45) is -4.49. The lowest BCUT2D eigenvalue weighted by Gasteiger charge is -2.35. The smallest absolute Gasteiger partial charge is 0.354 e. The molecule has 1 atom stereocenters. The minimum absolute atomic E-state index is 0. The molecule has 0 radical (unpaired) electrons. The van der Waals surface area contributed by atoms with E-state index in [-0.39, 0.29) is 31.2 Å². The van der Waals surface area contributed by atoms with Crippen LogP contribution in [0.1, 0.15) is 26.7 Å². The number of piperazine rings is 1. The number of carbonyl (C=O) groups is 2. The molecule has 1 aliphatic heterocycles. The Morgan fingerprint density at radius 2 is 1.72 bits per heavy atom. The van der Waals surface area contributed by atoms with Crippen molar-refractivity contribution in [1.29, 1.82) is 0 Å². The second kappa shape index (κ2) is 11.5. The van der Waals surface area contributed by atoms with Gasteiger partial charge in [0.2, 0.25) is 11.8 Å². The molecule has 0 aliphatic carbocycles. The van der Waals surface area contributed by atoms with Gasteiger partial charge in [0.15, 0.2) is 0 Å². The Bertz CT molecular complexity index is 414. The fourth-order valence-electron chi connectivity index (χ4n) is 2.70. The Balaban J connectivity index is 0.00000576. The molecule has 10 heteroatoms. The minimum atomic E-state index is -4.40. The molecule has 2 N–H and O–H groups in total. The lowest BCUT2D eigenvalue weighted by molar-refractivity contribution is -0.184. The van der Waals surface area contributed by atoms with Gasteiger partial charge in [0.05, 0.1) is 0 Å². The summed E-state index contributed by atoms with van der Waals surface area (Å²) in [7, 11) is 0. The first kappa shape index (κ1) is 23.9. The van der Waals surface area contributed by atoms with E-state index in [9.17, 15) is 22.8 Å². The molecule has 1 aliphatic rings. The van der Waals surface area contributed by atoms with Crippen LogP contribution in [0.5, 0.6) is 0 Å². The Kier molecular flexibility index (Phi) is 11.0. The zero-order valence-electron chi connectivity index (χ0n) is 14.7. The maximum atomic E-state index is 13.2. The first-order chi connectivity index (χ1) is 11.3. The third-order valence-electron chi connectivity index (χ3n) is 4.14. The van der Waals surface area contributed by atoms with Crippen molar-refractivity contribution < 1.29 is 22.8 Å². The van der Waals surface area contributed by atoms with E-state index in [0.717, 1.165) is 0 Å². The van der Waals surface area contributed by atoms with Gasteiger partial charge in [0.1, 0.15) is 6.04 Å². The summed E-state index contributed by atoms with van der Waals surface area (Å²) in [5, 5.41) is 5.33. The zero-order chi connectivity index (χ0) is 18.2. The average Bonchev–Trinajstić information content (AvgIpc) is 2.54. The van der Waals surface area contributed by atoms with Gasteiger partial charge in [0, 0.05) is 58.7 Å². The molecule has 0 saturated carbocycles. The second-order valence-corrected chi connectivity index (χ2v) is 5.71. The molecule has 1 unspecified atom stereocenters. The summed E-state index contributed by atoms with van der Waals surface area (Å²) in [5.41, 5.74) is 0. The first-order valence-corrected chi connectivity index (χ1v) is 8.35. The number of nitrogens with one attached hydrogen (secondary N) is 2. The standard InChI is InChI=1S/C15H27F3N4O2.ClH/c1-3-21(4-2)14(24)6-5-13(23)20-11-12(15(16,17)18)22-9-7-19-8-10-22;/h12,19H,3-11H2,1-2H3,(H,20,23);1H. The van der Waals surface area contributed by atoms with Crippen LogP contribution in [0.3, 0.4) is 0 Å². The molecule has 1 fully saturated rings. The largest absolute Gasteiger partial charge is 0.405 e. The van der Waals surface area contributed by atoms with Gasteiger partial charge < -0.3 is 15.5 Å². The highest BCUT2D eigenvalue weighted by Gasteiger charge is 2.43. The summed E-state index contributed by atoms with van der Waals surface area (Å²) in [4.78, 5) is 26.5. The molecule has 0 aromatic heterocycles. The number of hydrogen-bond acceptors (Lipinski definition) is 4. The van der Waals surface area contributed by atoms with Crippen molar-refractivity contribution in [3.8, 4) is 0 Å². The molecular weight excluding hydrogens is 361 g/mol. The van der Waals surface area contributed by atoms with E-state index in [1.54, 1.807) is 4.90 Å². The quantitative estimate of drug-likeness (QED) is 0.651. The number of amides is 2. The highest BCUT2D eigenvalue weighted by molar-refractivity contribution is 5.85. The number of carbonyl (C=O) groups excluding carboxylic acids is 2. The first-order valence-electron chi connectivity index (χ1n) is 8.35. The maximum absolute atomic E-state index is 13.2. The van der Waals surface area contributed by atoms with E-state index in [4.69, 9.17) is 0 Å². The molecule has 148 valence electrons. The Morgan fingerprint density at radius 1 is 1.16 bits per heavy atom. The van der Waals surface area contributed by atoms with E-state index in [0.29, 0.717) is 39.3 Å². The number of hydrogen-bond donors (Lipinski definition) is 2. The van der Waals surface area contributed by atoms with Crippen LogP contribution in [0.25, 0.3) is 0 Å². The molecule has 0 bridgehead atoms. The van der Waals surface area contributed by atoms with Gasteiger partial charge in [0.25, 0.3) is 0 Å². The average molecular weight is 389 g/mol. The Morgan fingerprint density at radius 3 is 2.20 bits per heavy atom. The molecule has 2 amide bonds. The van der Waals surface area contributed by atoms with Crippen LogP contribution >= 0.6 is 12.4 Å². The monoisotopic (exact) mass is 388 g/mol. The third kappa shape index (κ3) is 8.24. The molecule has 0 aromatic rings. The van der Waals surface area contributed by atoms with Gasteiger partial charge in [-0.1, -0.05) is 0 Å². The van der Waals surface area contributed by atoms with E-state index in [2.05, 4.69) is 10.6 Å². The number of rotatable bonds is 8. The molecule has 1 rings (SSSR count). The minimum Gasteiger partial charge on any atom is -0.354 e. The van der Waals surface area contributed by atoms with Crippen LogP contribution in [0.15, 0.2) is 0 Å². The highest BCUT2D eigenvalue weighted by Crippen LogP contribution is 2.24. The van der Waals surface area contributed by atoms with Crippen molar-refractivity contribution in [1.82, 2.24) is 20.4 Å². The summed E-state index contributed by atoms with van der Waals surface area (Å²) in [5.74, 6) is -0.690. The normalized spacial score (nSPS) is 16.7. The Hall–Kier alpha value is -1.06. The summed E-state index contributed by atoms with van der Waals surface area (Å²) in [6, 6.07) is -1.69. The van der Waals surface area contributed by atoms with Gasteiger partial charge in [-0.25, -0.2) is 0 Å². The summed E-state index contributed by atoms with van der Waals surface area (Å²) < 4.78 is 39.6. The van der Waals surface area contributed by atoms with Gasteiger partial charge >= 0.3 is 6.18 Å². The van der Waals surface area contributed by atoms with Gasteiger partial charge in [-0.2, -0.15) is 13.2 Å². The SMILES string of the molecule is CCN(CC)C(=O)CCC(=O)NCC(N1CCNCC1)C(F)(F)F.Cl. The fourth-order valence-corrected chi connectivity index (χ4v) is 2.70. The van der Waals surface area contributed by atoms with Gasteiger partial charge in [-0.05, 0) is 13.8 Å². The van der Waals surface area contributed by atoms with E-state index in [1.165, 1.54) is 4.90 Å². The molecule has 0 aromatic carbocycles. The summed E-state index contributed by atoms with van der Waals surface area (Å²) >= 11 is 0. The van der Waals surface area contributed by atoms with Crippen LogP contribution in [0.4, 0.5) is 13.2 Å². The van der Waals surface area contributed by atoms with Gasteiger partial charge in [-0.3, -0.25) is 14.5 Å². The molecular formula is C15H28ClF3N4O2. The number of halogens is 4.